The smallest absolute Gasteiger partial charge is 0.459 e. The number of carboxylic acids is 1. The van der Waals surface area contributed by atoms with E-state index in [2.05, 4.69) is 5.32 Å². The Kier molecular flexibility index (Phi) is 12.9. The standard InChI is InChI=1S/C28H33F7N2O6/c1-3-42-23(24(38)39)18-19-6-10-22(11-7-19)43-17-16-37(25(40)36-20-8-12-21(41-2)13-9-20)15-5-4-14-26(29,30)27(31,32)28(33,34)35/h6-13,23H,3-5,14-18H2,1-2H3,(H,36,40)(H,38,39). The third-order valence-corrected chi connectivity index (χ3v) is 6.23. The van der Waals surface area contributed by atoms with Gasteiger partial charge in [-0.15, -0.1) is 0 Å². The Bertz CT molecular complexity index is 1160. The topological polar surface area (TPSA) is 97.3 Å². The molecule has 2 aromatic carbocycles. The molecule has 240 valence electrons. The van der Waals surface area contributed by atoms with E-state index < -0.39 is 49.0 Å². The molecule has 2 aromatic rings. The molecule has 0 saturated heterocycles. The van der Waals surface area contributed by atoms with Crippen LogP contribution >= 0.6 is 0 Å². The molecule has 0 saturated carbocycles. The maximum Gasteiger partial charge on any atom is 0.459 e. The summed E-state index contributed by atoms with van der Waals surface area (Å²) in [4.78, 5) is 25.3. The van der Waals surface area contributed by atoms with Crippen molar-refractivity contribution in [3.05, 3.63) is 54.1 Å². The van der Waals surface area contributed by atoms with Crippen molar-refractivity contribution in [3.8, 4) is 11.5 Å². The average molecular weight is 627 g/mol. The van der Waals surface area contributed by atoms with Gasteiger partial charge in [-0.25, -0.2) is 9.59 Å². The molecule has 2 amide bonds. The molecule has 1 unspecified atom stereocenters. The molecule has 0 aliphatic heterocycles. The van der Waals surface area contributed by atoms with Crippen LogP contribution in [0.3, 0.4) is 0 Å². The maximum absolute atomic E-state index is 13.7. The first-order valence-corrected chi connectivity index (χ1v) is 13.2. The summed E-state index contributed by atoms with van der Waals surface area (Å²) in [6.45, 7) is 1.48. The summed E-state index contributed by atoms with van der Waals surface area (Å²) in [7, 11) is 1.45. The number of urea groups is 1. The summed E-state index contributed by atoms with van der Waals surface area (Å²) >= 11 is 0. The quantitative estimate of drug-likeness (QED) is 0.151. The molecule has 0 aliphatic carbocycles. The number of carboxylic acid groups (broad SMARTS) is 1. The number of halogens is 7. The van der Waals surface area contributed by atoms with Crippen LogP contribution in [-0.2, 0) is 16.0 Å². The first kappa shape index (κ1) is 35.4. The molecule has 0 radical (unpaired) electrons. The van der Waals surface area contributed by atoms with Gasteiger partial charge in [0.25, 0.3) is 0 Å². The van der Waals surface area contributed by atoms with Crippen LogP contribution in [-0.4, -0.2) is 79.5 Å². The number of hydrogen-bond donors (Lipinski definition) is 2. The number of methoxy groups -OCH3 is 1. The lowest BCUT2D eigenvalue weighted by atomic mass is 10.0. The molecule has 1 atom stereocenters. The number of hydrogen-bond acceptors (Lipinski definition) is 5. The molecule has 0 spiro atoms. The van der Waals surface area contributed by atoms with Crippen LogP contribution in [0.5, 0.6) is 11.5 Å². The van der Waals surface area contributed by atoms with Gasteiger partial charge in [-0.1, -0.05) is 12.1 Å². The van der Waals surface area contributed by atoms with Gasteiger partial charge < -0.3 is 29.5 Å². The van der Waals surface area contributed by atoms with Gasteiger partial charge in [0.15, 0.2) is 6.10 Å². The molecule has 0 aromatic heterocycles. The molecule has 8 nitrogen and oxygen atoms in total. The van der Waals surface area contributed by atoms with Crippen LogP contribution < -0.4 is 14.8 Å². The lowest BCUT2D eigenvalue weighted by Crippen LogP contribution is -2.51. The van der Waals surface area contributed by atoms with Gasteiger partial charge in [-0.3, -0.25) is 0 Å². The number of amides is 2. The number of alkyl halides is 7. The third-order valence-electron chi connectivity index (χ3n) is 6.23. The second-order valence-electron chi connectivity index (χ2n) is 9.36. The first-order chi connectivity index (χ1) is 20.1. The zero-order chi connectivity index (χ0) is 32.3. The van der Waals surface area contributed by atoms with Crippen molar-refractivity contribution in [3.63, 3.8) is 0 Å². The predicted octanol–water partition coefficient (Wildman–Crippen LogP) is 6.64. The second kappa shape index (κ2) is 15.6. The Labute approximate surface area is 243 Å². The van der Waals surface area contributed by atoms with Crippen molar-refractivity contribution in [2.45, 2.75) is 56.7 Å². The van der Waals surface area contributed by atoms with Gasteiger partial charge >= 0.3 is 30.0 Å². The predicted molar refractivity (Wildman–Crippen MR) is 142 cm³/mol. The Morgan fingerprint density at radius 1 is 0.907 bits per heavy atom. The first-order valence-electron chi connectivity index (χ1n) is 13.2. The van der Waals surface area contributed by atoms with Crippen LogP contribution in [0, 0.1) is 0 Å². The normalized spacial score (nSPS) is 12.9. The number of benzene rings is 2. The summed E-state index contributed by atoms with van der Waals surface area (Å²) in [5.74, 6) is -11.7. The van der Waals surface area contributed by atoms with E-state index in [4.69, 9.17) is 14.2 Å². The highest BCUT2D eigenvalue weighted by atomic mass is 19.4. The molecule has 2 rings (SSSR count). The van der Waals surface area contributed by atoms with Crippen LogP contribution in [0.15, 0.2) is 48.5 Å². The number of rotatable bonds is 17. The second-order valence-corrected chi connectivity index (χ2v) is 9.36. The largest absolute Gasteiger partial charge is 0.497 e. The van der Waals surface area contributed by atoms with E-state index in [-0.39, 0.29) is 39.1 Å². The van der Waals surface area contributed by atoms with Crippen LogP contribution in [0.1, 0.15) is 31.7 Å². The van der Waals surface area contributed by atoms with Crippen molar-refractivity contribution in [1.29, 1.82) is 0 Å². The number of aliphatic carboxylic acids is 1. The highest BCUT2D eigenvalue weighted by Gasteiger charge is 2.72. The monoisotopic (exact) mass is 626 g/mol. The van der Waals surface area contributed by atoms with E-state index in [0.29, 0.717) is 22.7 Å². The molecule has 0 fully saturated rings. The minimum absolute atomic E-state index is 0.0889. The van der Waals surface area contributed by atoms with E-state index in [0.717, 1.165) is 4.90 Å². The highest BCUT2D eigenvalue weighted by molar-refractivity contribution is 5.89. The van der Waals surface area contributed by atoms with Gasteiger partial charge in [0.2, 0.25) is 0 Å². The summed E-state index contributed by atoms with van der Waals surface area (Å²) in [5.41, 5.74) is 1.02. The number of ether oxygens (including phenoxy) is 3. The third kappa shape index (κ3) is 10.5. The minimum Gasteiger partial charge on any atom is -0.497 e. The molecule has 0 aliphatic rings. The van der Waals surface area contributed by atoms with Gasteiger partial charge in [0.1, 0.15) is 18.1 Å². The Hall–Kier alpha value is -3.75. The average Bonchev–Trinajstić information content (AvgIpc) is 2.94. The fourth-order valence-corrected chi connectivity index (χ4v) is 3.83. The number of nitrogens with one attached hydrogen (secondary N) is 1. The molecule has 43 heavy (non-hydrogen) atoms. The van der Waals surface area contributed by atoms with Crippen molar-refractivity contribution in [2.24, 2.45) is 0 Å². The minimum atomic E-state index is -6.41. The van der Waals surface area contributed by atoms with E-state index in [1.165, 1.54) is 19.2 Å². The SMILES string of the molecule is CCOC(Cc1ccc(OCCN(CCCCC(F)(F)C(F)(F)C(F)(F)F)C(=O)Nc2ccc(OC)cc2)cc1)C(=O)O. The van der Waals surface area contributed by atoms with Crippen LogP contribution in [0.4, 0.5) is 41.2 Å². The van der Waals surface area contributed by atoms with Gasteiger partial charge in [-0.2, -0.15) is 30.7 Å². The van der Waals surface area contributed by atoms with E-state index in [1.54, 1.807) is 43.3 Å². The van der Waals surface area contributed by atoms with E-state index in [1.807, 2.05) is 0 Å². The van der Waals surface area contributed by atoms with Gasteiger partial charge in [0.05, 0.1) is 13.7 Å². The van der Waals surface area contributed by atoms with Crippen molar-refractivity contribution in [2.75, 3.05) is 38.7 Å². The summed E-state index contributed by atoms with van der Waals surface area (Å²) in [6.07, 6.45) is -10.0. The summed E-state index contributed by atoms with van der Waals surface area (Å²) < 4.78 is 107. The van der Waals surface area contributed by atoms with Gasteiger partial charge in [0, 0.05) is 31.7 Å². The number of nitrogens with zero attached hydrogens (tertiary/aromatic N) is 1. The lowest BCUT2D eigenvalue weighted by molar-refractivity contribution is -0.355. The summed E-state index contributed by atoms with van der Waals surface area (Å²) in [5, 5.41) is 11.8. The Balaban J connectivity index is 2.01. The van der Waals surface area contributed by atoms with Crippen molar-refractivity contribution in [1.82, 2.24) is 4.90 Å². The molecule has 15 heteroatoms. The highest BCUT2D eigenvalue weighted by Crippen LogP contribution is 2.48. The van der Waals surface area contributed by atoms with Gasteiger partial charge in [-0.05, 0) is 61.7 Å². The molecule has 0 bridgehead atoms. The number of carbonyl (C=O) groups excluding carboxylic acids is 1. The number of unbranched alkanes of at least 4 members (excludes halogenated alkanes) is 1. The number of anilines is 1. The Morgan fingerprint density at radius 2 is 1.51 bits per heavy atom. The molecule has 2 N–H and O–H groups in total. The maximum atomic E-state index is 13.7. The lowest BCUT2D eigenvalue weighted by Gasteiger charge is -2.28. The van der Waals surface area contributed by atoms with Crippen LogP contribution in [0.2, 0.25) is 0 Å². The molecular formula is C28H33F7N2O6. The van der Waals surface area contributed by atoms with E-state index in [9.17, 15) is 45.4 Å². The Morgan fingerprint density at radius 3 is 2.05 bits per heavy atom. The fourth-order valence-electron chi connectivity index (χ4n) is 3.83. The van der Waals surface area contributed by atoms with Crippen molar-refractivity contribution >= 4 is 17.7 Å². The van der Waals surface area contributed by atoms with E-state index >= 15 is 0 Å². The zero-order valence-electron chi connectivity index (χ0n) is 23.4. The summed E-state index contributed by atoms with van der Waals surface area (Å²) in [6, 6.07) is 11.9. The fraction of sp³-hybridized carbons (Fsp3) is 0.500. The molecule has 0 heterocycles. The molecular weight excluding hydrogens is 593 g/mol. The number of carbonyl (C=O) groups is 2. The van der Waals surface area contributed by atoms with Crippen LogP contribution in [0.25, 0.3) is 0 Å². The zero-order valence-corrected chi connectivity index (χ0v) is 23.4. The van der Waals surface area contributed by atoms with Crippen molar-refractivity contribution < 1.29 is 59.6 Å².